The van der Waals surface area contributed by atoms with Crippen molar-refractivity contribution in [2.75, 3.05) is 19.8 Å². The van der Waals surface area contributed by atoms with Gasteiger partial charge in [0.1, 0.15) is 30.5 Å². The first-order valence-electron chi connectivity index (χ1n) is 19.3. The molecule has 3 aromatic rings. The van der Waals surface area contributed by atoms with Gasteiger partial charge < -0.3 is 32.4 Å². The van der Waals surface area contributed by atoms with Gasteiger partial charge in [-0.05, 0) is 62.5 Å². The van der Waals surface area contributed by atoms with Gasteiger partial charge >= 0.3 is 0 Å². The van der Waals surface area contributed by atoms with Crippen LogP contribution in [0.4, 0.5) is 0 Å². The predicted octanol–water partition coefficient (Wildman–Crippen LogP) is 9.82. The molecule has 11 heteroatoms. The smallest absolute Gasteiger partial charge is 0.259 e. The Kier molecular flexibility index (Phi) is 17.8. The van der Waals surface area contributed by atoms with E-state index < -0.39 is 47.4 Å². The third-order valence-electron chi connectivity index (χ3n) is 10.0. The van der Waals surface area contributed by atoms with Crippen LogP contribution in [0, 0.1) is 11.3 Å². The van der Waals surface area contributed by atoms with Crippen LogP contribution >= 0.6 is 8.53 Å². The first kappa shape index (κ1) is 44.2. The second-order valence-electron chi connectivity index (χ2n) is 15.9. The Morgan fingerprint density at radius 1 is 0.685 bits per heavy atom. The Bertz CT molecular complexity index is 1510. The summed E-state index contributed by atoms with van der Waals surface area (Å²) in [5.74, 6) is 0. The highest BCUT2D eigenvalue weighted by molar-refractivity contribution is 7.44. The minimum absolute atomic E-state index is 0.00284. The summed E-state index contributed by atoms with van der Waals surface area (Å²) in [5.41, 5.74) is 3.14. The van der Waals surface area contributed by atoms with Crippen molar-refractivity contribution < 1.29 is 32.4 Å². The minimum Gasteiger partial charge on any atom is -0.414 e. The van der Waals surface area contributed by atoms with Gasteiger partial charge in [0.25, 0.3) is 8.53 Å². The van der Waals surface area contributed by atoms with E-state index in [1.54, 1.807) is 0 Å². The van der Waals surface area contributed by atoms with Gasteiger partial charge in [0.05, 0.1) is 52.1 Å². The second kappa shape index (κ2) is 21.7. The molecule has 1 aliphatic heterocycles. The maximum Gasteiger partial charge on any atom is 0.259 e. The Morgan fingerprint density at radius 3 is 1.52 bits per heavy atom. The Hall–Kier alpha value is -2.52. The highest BCUT2D eigenvalue weighted by atomic mass is 31.2. The van der Waals surface area contributed by atoms with Gasteiger partial charge in [0, 0.05) is 12.1 Å². The molecular formula is C43H63N2O7PSi. The van der Waals surface area contributed by atoms with Crippen LogP contribution in [0.1, 0.15) is 71.6 Å². The van der Waals surface area contributed by atoms with Crippen molar-refractivity contribution in [3.63, 3.8) is 0 Å². The summed E-state index contributed by atoms with van der Waals surface area (Å²) in [6, 6.07) is 33.0. The van der Waals surface area contributed by atoms with Crippen LogP contribution in [0.15, 0.2) is 91.0 Å². The topological polar surface area (TPSA) is 91.6 Å². The summed E-state index contributed by atoms with van der Waals surface area (Å²) >= 11 is 0. The summed E-state index contributed by atoms with van der Waals surface area (Å²) in [7, 11) is -3.70. The maximum atomic E-state index is 9.30. The molecule has 0 N–H and O–H groups in total. The monoisotopic (exact) mass is 778 g/mol. The molecule has 296 valence electrons. The molecule has 0 bridgehead atoms. The molecule has 0 radical (unpaired) electrons. The van der Waals surface area contributed by atoms with Crippen LogP contribution in [0.5, 0.6) is 0 Å². The van der Waals surface area contributed by atoms with Crippen LogP contribution in [-0.2, 0) is 52.2 Å². The molecule has 0 aromatic heterocycles. The fourth-order valence-corrected chi connectivity index (χ4v) is 8.74. The fraction of sp³-hybridized carbons (Fsp3) is 0.558. The molecule has 4 unspecified atom stereocenters. The van der Waals surface area contributed by atoms with Crippen LogP contribution in [0.2, 0.25) is 18.1 Å². The number of benzene rings is 3. The molecule has 6 atom stereocenters. The molecule has 3 aromatic carbocycles. The lowest BCUT2D eigenvalue weighted by Gasteiger charge is -2.47. The maximum absolute atomic E-state index is 9.30. The molecule has 1 fully saturated rings. The Labute approximate surface area is 327 Å². The average molecular weight is 779 g/mol. The van der Waals surface area contributed by atoms with E-state index in [1.807, 2.05) is 54.6 Å². The SMILES string of the molecule is CC(C)N(C(C)C)P(OCCC#N)OC[C@@H]1O[C@H](CO[Si](C)(C)C(C)(C)C)C(OCc2ccccc2)C(OCc2ccccc2)C1OCc1ccccc1. The third kappa shape index (κ3) is 13.3. The van der Waals surface area contributed by atoms with Crippen LogP contribution in [0.25, 0.3) is 0 Å². The van der Waals surface area contributed by atoms with Crippen molar-refractivity contribution in [1.82, 2.24) is 4.67 Å². The molecule has 0 saturated carbocycles. The van der Waals surface area contributed by atoms with Crippen molar-refractivity contribution in [2.45, 2.75) is 135 Å². The normalized spacial score (nSPS) is 21.4. The zero-order chi connectivity index (χ0) is 39.1. The molecule has 54 heavy (non-hydrogen) atoms. The van der Waals surface area contributed by atoms with Gasteiger partial charge in [-0.3, -0.25) is 0 Å². The van der Waals surface area contributed by atoms with E-state index in [1.165, 1.54) is 0 Å². The first-order chi connectivity index (χ1) is 25.8. The van der Waals surface area contributed by atoms with Crippen LogP contribution < -0.4 is 0 Å². The van der Waals surface area contributed by atoms with Crippen molar-refractivity contribution in [1.29, 1.82) is 5.26 Å². The number of rotatable bonds is 21. The molecular weight excluding hydrogens is 716 g/mol. The molecule has 1 aliphatic rings. The van der Waals surface area contributed by atoms with Gasteiger partial charge in [0.15, 0.2) is 8.32 Å². The second-order valence-corrected chi connectivity index (χ2v) is 22.2. The highest BCUT2D eigenvalue weighted by Gasteiger charge is 2.50. The molecule has 0 spiro atoms. The molecule has 1 saturated heterocycles. The summed E-state index contributed by atoms with van der Waals surface area (Å²) < 4.78 is 49.9. The van der Waals surface area contributed by atoms with E-state index in [-0.39, 0.29) is 36.8 Å². The van der Waals surface area contributed by atoms with Crippen molar-refractivity contribution in [2.24, 2.45) is 0 Å². The number of hydrogen-bond acceptors (Lipinski definition) is 9. The van der Waals surface area contributed by atoms with E-state index >= 15 is 0 Å². The fourth-order valence-electron chi connectivity index (χ4n) is 6.11. The number of ether oxygens (including phenoxy) is 4. The third-order valence-corrected chi connectivity index (χ3v) is 16.6. The predicted molar refractivity (Wildman–Crippen MR) is 218 cm³/mol. The van der Waals surface area contributed by atoms with E-state index in [9.17, 15) is 5.26 Å². The van der Waals surface area contributed by atoms with Crippen molar-refractivity contribution >= 4 is 16.8 Å². The van der Waals surface area contributed by atoms with Crippen LogP contribution in [-0.4, -0.2) is 75.4 Å². The Balaban J connectivity index is 1.74. The van der Waals surface area contributed by atoms with Gasteiger partial charge in [0.2, 0.25) is 0 Å². The molecule has 9 nitrogen and oxygen atoms in total. The van der Waals surface area contributed by atoms with E-state index in [4.69, 9.17) is 32.4 Å². The first-order valence-corrected chi connectivity index (χ1v) is 23.3. The van der Waals surface area contributed by atoms with E-state index in [0.717, 1.165) is 16.7 Å². The summed E-state index contributed by atoms with van der Waals surface area (Å²) in [6.07, 6.45) is -2.38. The lowest BCUT2D eigenvalue weighted by atomic mass is 9.94. The van der Waals surface area contributed by atoms with E-state index in [2.05, 4.69) is 109 Å². The molecule has 4 rings (SSSR count). The molecule has 0 amide bonds. The Morgan fingerprint density at radius 2 is 1.11 bits per heavy atom. The van der Waals surface area contributed by atoms with E-state index in [0.29, 0.717) is 26.4 Å². The van der Waals surface area contributed by atoms with Gasteiger partial charge in [-0.1, -0.05) is 112 Å². The highest BCUT2D eigenvalue weighted by Crippen LogP contribution is 2.47. The van der Waals surface area contributed by atoms with Crippen LogP contribution in [0.3, 0.4) is 0 Å². The summed E-state index contributed by atoms with van der Waals surface area (Å²) in [5, 5.41) is 9.30. The number of hydrogen-bond donors (Lipinski definition) is 0. The van der Waals surface area contributed by atoms with Crippen molar-refractivity contribution in [3.8, 4) is 6.07 Å². The molecule has 0 aliphatic carbocycles. The lowest BCUT2D eigenvalue weighted by Crippen LogP contribution is -2.62. The average Bonchev–Trinajstić information content (AvgIpc) is 3.14. The minimum atomic E-state index is -2.18. The quantitative estimate of drug-likeness (QED) is 0.0596. The number of nitrogens with zero attached hydrogens (tertiary/aromatic N) is 2. The summed E-state index contributed by atoms with van der Waals surface area (Å²) in [4.78, 5) is 0. The number of nitriles is 1. The van der Waals surface area contributed by atoms with Gasteiger partial charge in [-0.2, -0.15) is 5.26 Å². The molecule has 1 heterocycles. The zero-order valence-electron chi connectivity index (χ0n) is 33.9. The zero-order valence-corrected chi connectivity index (χ0v) is 35.7. The lowest BCUT2D eigenvalue weighted by molar-refractivity contribution is -0.273. The van der Waals surface area contributed by atoms with Gasteiger partial charge in [-0.25, -0.2) is 4.67 Å². The largest absolute Gasteiger partial charge is 0.414 e. The summed E-state index contributed by atoms with van der Waals surface area (Å²) in [6.45, 7) is 21.6. The van der Waals surface area contributed by atoms with Crippen molar-refractivity contribution in [3.05, 3.63) is 108 Å². The van der Waals surface area contributed by atoms with Gasteiger partial charge in [-0.15, -0.1) is 0 Å². The standard InChI is InChI=1S/C43H63N2O7PSi/c1-33(2)45(34(3)4)53(49-27-19-26-44)50-31-38-40(46-28-35-20-13-10-14-21-35)42(48-30-37-24-17-12-18-25-37)41(47-29-36-22-15-11-16-23-36)39(52-38)32-51-54(8,9)43(5,6)7/h10-18,20-25,33-34,38-42H,19,27-32H2,1-9H3/t38-,39+,40?,41?,42?,53?/m0/s1.